The number of β-amino-alcohol motifs (C(OH)–C–C–N with tert-alkyl or cyclic N) is 1. The van der Waals surface area contributed by atoms with Crippen LogP contribution in [-0.4, -0.2) is 29.2 Å². The molecule has 0 saturated carbocycles. The monoisotopic (exact) mass is 191 g/mol. The van der Waals surface area contributed by atoms with Gasteiger partial charge in [-0.3, -0.25) is 4.90 Å². The van der Waals surface area contributed by atoms with Crippen molar-refractivity contribution in [2.45, 2.75) is 26.0 Å². The van der Waals surface area contributed by atoms with Crippen molar-refractivity contribution in [2.75, 3.05) is 13.1 Å². The van der Waals surface area contributed by atoms with Crippen LogP contribution in [0.25, 0.3) is 0 Å². The largest absolute Gasteiger partial charge is 0.392 e. The van der Waals surface area contributed by atoms with E-state index in [-0.39, 0.29) is 6.10 Å². The van der Waals surface area contributed by atoms with Gasteiger partial charge in [0.25, 0.3) is 0 Å². The van der Waals surface area contributed by atoms with E-state index < -0.39 is 0 Å². The molecular weight excluding hydrogens is 174 g/mol. The van der Waals surface area contributed by atoms with Gasteiger partial charge in [-0.15, -0.1) is 0 Å². The van der Waals surface area contributed by atoms with Crippen LogP contribution < -0.4 is 0 Å². The minimum atomic E-state index is -0.111. The summed E-state index contributed by atoms with van der Waals surface area (Å²) in [6.45, 7) is 4.93. The standard InChI is InChI=1S/C12H17NO/c1-10-3-2-4-11(7-10)8-13-6-5-12(14)9-13/h2-4,7,12,14H,5-6,8-9H2,1H3. The van der Waals surface area contributed by atoms with Crippen molar-refractivity contribution in [3.05, 3.63) is 35.4 Å². The summed E-state index contributed by atoms with van der Waals surface area (Å²) in [6.07, 6.45) is 0.811. The van der Waals surface area contributed by atoms with Crippen LogP contribution in [0.3, 0.4) is 0 Å². The number of rotatable bonds is 2. The highest BCUT2D eigenvalue weighted by Crippen LogP contribution is 2.13. The molecule has 2 nitrogen and oxygen atoms in total. The Balaban J connectivity index is 1.97. The SMILES string of the molecule is Cc1cccc(CN2CCC(O)C2)c1. The second-order valence-corrected chi connectivity index (χ2v) is 4.17. The molecule has 1 heterocycles. The van der Waals surface area contributed by atoms with E-state index in [2.05, 4.69) is 36.1 Å². The predicted octanol–water partition coefficient (Wildman–Crippen LogP) is 1.56. The molecule has 1 aliphatic rings. The molecule has 1 unspecified atom stereocenters. The highest BCUT2D eigenvalue weighted by atomic mass is 16.3. The molecule has 1 aromatic rings. The van der Waals surface area contributed by atoms with Gasteiger partial charge in [0.1, 0.15) is 0 Å². The van der Waals surface area contributed by atoms with Crippen LogP contribution in [0, 0.1) is 6.92 Å². The van der Waals surface area contributed by atoms with Crippen molar-refractivity contribution < 1.29 is 5.11 Å². The van der Waals surface area contributed by atoms with Crippen LogP contribution in [0.5, 0.6) is 0 Å². The fraction of sp³-hybridized carbons (Fsp3) is 0.500. The molecule has 14 heavy (non-hydrogen) atoms. The highest BCUT2D eigenvalue weighted by molar-refractivity contribution is 5.22. The van der Waals surface area contributed by atoms with E-state index in [1.807, 2.05) is 0 Å². The Labute approximate surface area is 85.2 Å². The summed E-state index contributed by atoms with van der Waals surface area (Å²) in [5, 5.41) is 9.39. The van der Waals surface area contributed by atoms with Gasteiger partial charge in [0.15, 0.2) is 0 Å². The second-order valence-electron chi connectivity index (χ2n) is 4.17. The molecule has 1 fully saturated rings. The maximum atomic E-state index is 9.39. The zero-order valence-electron chi connectivity index (χ0n) is 8.61. The van der Waals surface area contributed by atoms with E-state index in [4.69, 9.17) is 0 Å². The molecule has 1 atom stereocenters. The average molecular weight is 191 g/mol. The van der Waals surface area contributed by atoms with Crippen molar-refractivity contribution in [2.24, 2.45) is 0 Å². The molecule has 76 valence electrons. The lowest BCUT2D eigenvalue weighted by atomic mass is 10.1. The summed E-state index contributed by atoms with van der Waals surface area (Å²) < 4.78 is 0. The number of hydrogen-bond acceptors (Lipinski definition) is 2. The van der Waals surface area contributed by atoms with Gasteiger partial charge in [-0.25, -0.2) is 0 Å². The predicted molar refractivity (Wildman–Crippen MR) is 57.1 cm³/mol. The molecule has 0 aromatic heterocycles. The number of hydrogen-bond donors (Lipinski definition) is 1. The molecular formula is C12H17NO. The molecule has 0 spiro atoms. The topological polar surface area (TPSA) is 23.5 Å². The van der Waals surface area contributed by atoms with Crippen LogP contribution in [-0.2, 0) is 6.54 Å². The third kappa shape index (κ3) is 2.34. The van der Waals surface area contributed by atoms with Gasteiger partial charge >= 0.3 is 0 Å². The Hall–Kier alpha value is -0.860. The summed E-state index contributed by atoms with van der Waals surface area (Å²) in [7, 11) is 0. The zero-order chi connectivity index (χ0) is 9.97. The Bertz CT molecular complexity index is 311. The van der Waals surface area contributed by atoms with E-state index in [0.717, 1.165) is 26.1 Å². The number of likely N-dealkylation sites (tertiary alicyclic amines) is 1. The molecule has 0 bridgehead atoms. The Morgan fingerprint density at radius 1 is 1.50 bits per heavy atom. The van der Waals surface area contributed by atoms with Crippen LogP contribution in [0.2, 0.25) is 0 Å². The Kier molecular flexibility index (Phi) is 2.85. The number of aliphatic hydroxyl groups excluding tert-OH is 1. The first kappa shape index (κ1) is 9.69. The van der Waals surface area contributed by atoms with E-state index in [9.17, 15) is 5.11 Å². The Morgan fingerprint density at radius 3 is 3.00 bits per heavy atom. The zero-order valence-corrected chi connectivity index (χ0v) is 8.61. The third-order valence-electron chi connectivity index (χ3n) is 2.74. The first-order valence-electron chi connectivity index (χ1n) is 5.20. The van der Waals surface area contributed by atoms with Crippen molar-refractivity contribution in [3.8, 4) is 0 Å². The van der Waals surface area contributed by atoms with Gasteiger partial charge in [-0.2, -0.15) is 0 Å². The lowest BCUT2D eigenvalue weighted by molar-refractivity contribution is 0.175. The summed E-state index contributed by atoms with van der Waals surface area (Å²) in [5.41, 5.74) is 2.65. The normalized spacial score (nSPS) is 22.9. The summed E-state index contributed by atoms with van der Waals surface area (Å²) in [4.78, 5) is 2.30. The molecule has 1 aromatic carbocycles. The number of aryl methyl sites for hydroxylation is 1. The number of benzene rings is 1. The quantitative estimate of drug-likeness (QED) is 0.767. The van der Waals surface area contributed by atoms with Crippen LogP contribution >= 0.6 is 0 Å². The first-order chi connectivity index (χ1) is 6.74. The molecule has 0 aliphatic carbocycles. The fourth-order valence-corrected chi connectivity index (χ4v) is 2.02. The van der Waals surface area contributed by atoms with Crippen molar-refractivity contribution >= 4 is 0 Å². The van der Waals surface area contributed by atoms with Crippen molar-refractivity contribution in [1.82, 2.24) is 4.90 Å². The molecule has 0 radical (unpaired) electrons. The molecule has 2 rings (SSSR count). The van der Waals surface area contributed by atoms with Gasteiger partial charge in [-0.1, -0.05) is 29.8 Å². The van der Waals surface area contributed by atoms with Gasteiger partial charge in [-0.05, 0) is 18.9 Å². The molecule has 0 amide bonds. The number of nitrogens with zero attached hydrogens (tertiary/aromatic N) is 1. The van der Waals surface area contributed by atoms with Gasteiger partial charge in [0.2, 0.25) is 0 Å². The minimum absolute atomic E-state index is 0.111. The van der Waals surface area contributed by atoms with Crippen molar-refractivity contribution in [1.29, 1.82) is 0 Å². The molecule has 1 N–H and O–H groups in total. The van der Waals surface area contributed by atoms with Gasteiger partial charge in [0.05, 0.1) is 6.10 Å². The first-order valence-corrected chi connectivity index (χ1v) is 5.20. The summed E-state index contributed by atoms with van der Waals surface area (Å²) in [6, 6.07) is 8.57. The smallest absolute Gasteiger partial charge is 0.0679 e. The molecule has 1 aliphatic heterocycles. The van der Waals surface area contributed by atoms with Crippen LogP contribution in [0.4, 0.5) is 0 Å². The fourth-order valence-electron chi connectivity index (χ4n) is 2.02. The van der Waals surface area contributed by atoms with Crippen LogP contribution in [0.15, 0.2) is 24.3 Å². The van der Waals surface area contributed by atoms with Gasteiger partial charge < -0.3 is 5.11 Å². The summed E-state index contributed by atoms with van der Waals surface area (Å²) >= 11 is 0. The summed E-state index contributed by atoms with van der Waals surface area (Å²) in [5.74, 6) is 0. The minimum Gasteiger partial charge on any atom is -0.392 e. The Morgan fingerprint density at radius 2 is 2.36 bits per heavy atom. The maximum Gasteiger partial charge on any atom is 0.0679 e. The lowest BCUT2D eigenvalue weighted by Gasteiger charge is -2.14. The van der Waals surface area contributed by atoms with E-state index in [1.165, 1.54) is 11.1 Å². The average Bonchev–Trinajstić information content (AvgIpc) is 2.51. The number of aliphatic hydroxyl groups is 1. The van der Waals surface area contributed by atoms with Crippen molar-refractivity contribution in [3.63, 3.8) is 0 Å². The van der Waals surface area contributed by atoms with E-state index >= 15 is 0 Å². The third-order valence-corrected chi connectivity index (χ3v) is 2.74. The lowest BCUT2D eigenvalue weighted by Crippen LogP contribution is -2.21. The second kappa shape index (κ2) is 4.11. The van der Waals surface area contributed by atoms with Crippen LogP contribution in [0.1, 0.15) is 17.5 Å². The highest BCUT2D eigenvalue weighted by Gasteiger charge is 2.19. The van der Waals surface area contributed by atoms with E-state index in [0.29, 0.717) is 0 Å². The molecule has 1 saturated heterocycles. The van der Waals surface area contributed by atoms with Gasteiger partial charge in [0, 0.05) is 19.6 Å². The molecule has 2 heteroatoms. The van der Waals surface area contributed by atoms with E-state index in [1.54, 1.807) is 0 Å². The maximum absolute atomic E-state index is 9.39.